The van der Waals surface area contributed by atoms with E-state index in [-0.39, 0.29) is 24.1 Å². The van der Waals surface area contributed by atoms with Gasteiger partial charge in [-0.05, 0) is 46.5 Å². The summed E-state index contributed by atoms with van der Waals surface area (Å²) in [6.45, 7) is 3.62. The topological polar surface area (TPSA) is 49.3 Å². The van der Waals surface area contributed by atoms with E-state index in [0.29, 0.717) is 10.9 Å². The van der Waals surface area contributed by atoms with E-state index in [1.807, 2.05) is 13.8 Å². The highest BCUT2D eigenvalue weighted by atomic mass is 79.9. The van der Waals surface area contributed by atoms with Crippen molar-refractivity contribution >= 4 is 21.8 Å². The Morgan fingerprint density at radius 3 is 2.48 bits per heavy atom. The van der Waals surface area contributed by atoms with Crippen LogP contribution in [-0.2, 0) is 6.18 Å². The monoisotopic (exact) mass is 367 g/mol. The minimum atomic E-state index is -4.50. The first-order chi connectivity index (χ1) is 9.66. The van der Waals surface area contributed by atoms with Crippen LogP contribution in [0.1, 0.15) is 36.2 Å². The highest BCUT2D eigenvalue weighted by Crippen LogP contribution is 2.32. The Balaban J connectivity index is 3.01. The van der Waals surface area contributed by atoms with Gasteiger partial charge < -0.3 is 10.4 Å². The Bertz CT molecular complexity index is 503. The molecule has 2 N–H and O–H groups in total. The van der Waals surface area contributed by atoms with Crippen molar-refractivity contribution in [2.75, 3.05) is 6.61 Å². The molecule has 1 amide bonds. The molecule has 0 spiro atoms. The minimum Gasteiger partial charge on any atom is -0.396 e. The molecule has 0 saturated carbocycles. The third-order valence-electron chi connectivity index (χ3n) is 3.10. The first kappa shape index (κ1) is 18.0. The molecular formula is C14H17BrF3NO2. The molecule has 0 radical (unpaired) electrons. The molecule has 7 heteroatoms. The van der Waals surface area contributed by atoms with Crippen LogP contribution < -0.4 is 5.32 Å². The number of halogens is 4. The van der Waals surface area contributed by atoms with Gasteiger partial charge in [-0.3, -0.25) is 4.79 Å². The first-order valence-electron chi connectivity index (χ1n) is 6.45. The highest BCUT2D eigenvalue weighted by molar-refractivity contribution is 9.10. The third kappa shape index (κ3) is 5.00. The van der Waals surface area contributed by atoms with Gasteiger partial charge in [0.2, 0.25) is 0 Å². The molecule has 0 heterocycles. The summed E-state index contributed by atoms with van der Waals surface area (Å²) in [7, 11) is 0. The third-order valence-corrected chi connectivity index (χ3v) is 3.79. The molecule has 0 bridgehead atoms. The molecule has 0 aliphatic carbocycles. The lowest BCUT2D eigenvalue weighted by Crippen LogP contribution is -2.39. The maximum Gasteiger partial charge on any atom is 0.416 e. The van der Waals surface area contributed by atoms with E-state index in [9.17, 15) is 18.0 Å². The van der Waals surface area contributed by atoms with E-state index in [4.69, 9.17) is 5.11 Å². The van der Waals surface area contributed by atoms with Crippen LogP contribution in [0, 0.1) is 5.92 Å². The number of aliphatic hydroxyl groups is 1. The van der Waals surface area contributed by atoms with Crippen LogP contribution in [-0.4, -0.2) is 23.7 Å². The van der Waals surface area contributed by atoms with E-state index in [2.05, 4.69) is 21.2 Å². The highest BCUT2D eigenvalue weighted by Gasteiger charge is 2.31. The van der Waals surface area contributed by atoms with Crippen LogP contribution in [0.15, 0.2) is 22.7 Å². The second-order valence-electron chi connectivity index (χ2n) is 5.03. The van der Waals surface area contributed by atoms with Gasteiger partial charge in [0, 0.05) is 17.1 Å². The number of carbonyl (C=O) groups excluding carboxylic acids is 1. The van der Waals surface area contributed by atoms with Crippen molar-refractivity contribution in [3.8, 4) is 0 Å². The fourth-order valence-corrected chi connectivity index (χ4v) is 2.26. The molecule has 3 nitrogen and oxygen atoms in total. The number of rotatable bonds is 5. The average Bonchev–Trinajstić information content (AvgIpc) is 2.36. The Hall–Kier alpha value is -1.08. The van der Waals surface area contributed by atoms with Gasteiger partial charge in [0.05, 0.1) is 11.1 Å². The smallest absolute Gasteiger partial charge is 0.396 e. The lowest BCUT2D eigenvalue weighted by molar-refractivity contribution is -0.137. The molecule has 0 saturated heterocycles. The summed E-state index contributed by atoms with van der Waals surface area (Å²) < 4.78 is 38.4. The fraction of sp³-hybridized carbons (Fsp3) is 0.500. The quantitative estimate of drug-likeness (QED) is 0.835. The molecule has 118 valence electrons. The zero-order chi connectivity index (χ0) is 16.2. The molecule has 21 heavy (non-hydrogen) atoms. The molecule has 0 aliphatic heterocycles. The van der Waals surface area contributed by atoms with Gasteiger partial charge in [0.1, 0.15) is 0 Å². The maximum absolute atomic E-state index is 12.7. The first-order valence-corrected chi connectivity index (χ1v) is 7.24. The van der Waals surface area contributed by atoms with E-state index < -0.39 is 17.6 Å². The molecule has 0 aromatic heterocycles. The fourth-order valence-electron chi connectivity index (χ4n) is 1.83. The summed E-state index contributed by atoms with van der Waals surface area (Å²) in [6, 6.07) is 2.63. The largest absolute Gasteiger partial charge is 0.416 e. The Morgan fingerprint density at radius 1 is 1.38 bits per heavy atom. The second kappa shape index (κ2) is 7.26. The van der Waals surface area contributed by atoms with Gasteiger partial charge in [0.15, 0.2) is 0 Å². The van der Waals surface area contributed by atoms with Crippen molar-refractivity contribution in [1.82, 2.24) is 5.32 Å². The maximum atomic E-state index is 12.7. The molecule has 1 aromatic carbocycles. The van der Waals surface area contributed by atoms with Crippen molar-refractivity contribution in [3.05, 3.63) is 33.8 Å². The normalized spacial score (nSPS) is 13.3. The van der Waals surface area contributed by atoms with Crippen LogP contribution in [0.3, 0.4) is 0 Å². The number of amides is 1. The van der Waals surface area contributed by atoms with E-state index in [1.54, 1.807) is 0 Å². The number of alkyl halides is 3. The van der Waals surface area contributed by atoms with Crippen LogP contribution in [0.2, 0.25) is 0 Å². The summed E-state index contributed by atoms with van der Waals surface area (Å²) in [5, 5.41) is 11.6. The molecule has 1 aromatic rings. The number of nitrogens with one attached hydrogen (secondary N) is 1. The number of hydrogen-bond donors (Lipinski definition) is 2. The van der Waals surface area contributed by atoms with Crippen LogP contribution >= 0.6 is 15.9 Å². The molecule has 0 aliphatic rings. The van der Waals surface area contributed by atoms with E-state index in [1.165, 1.54) is 6.07 Å². The summed E-state index contributed by atoms with van der Waals surface area (Å²) in [5.41, 5.74) is -0.951. The molecule has 1 rings (SSSR count). The number of aliphatic hydroxyl groups excluding tert-OH is 1. The van der Waals surface area contributed by atoms with E-state index >= 15 is 0 Å². The zero-order valence-corrected chi connectivity index (χ0v) is 13.3. The van der Waals surface area contributed by atoms with Crippen molar-refractivity contribution in [1.29, 1.82) is 0 Å². The SMILES string of the molecule is CC(C)C(CCO)NC(=O)c1cc(C(F)(F)F)ccc1Br. The molecular weight excluding hydrogens is 351 g/mol. The van der Waals surface area contributed by atoms with E-state index in [0.717, 1.165) is 12.1 Å². The summed E-state index contributed by atoms with van der Waals surface area (Å²) in [6.07, 6.45) is -4.15. The predicted octanol–water partition coefficient (Wildman–Crippen LogP) is 3.60. The number of hydrogen-bond acceptors (Lipinski definition) is 2. The summed E-state index contributed by atoms with van der Waals surface area (Å²) >= 11 is 3.09. The van der Waals surface area contributed by atoms with Crippen LogP contribution in [0.4, 0.5) is 13.2 Å². The van der Waals surface area contributed by atoms with Gasteiger partial charge in [-0.2, -0.15) is 13.2 Å². The van der Waals surface area contributed by atoms with Gasteiger partial charge in [0.25, 0.3) is 5.91 Å². The standard InChI is InChI=1S/C14H17BrF3NO2/c1-8(2)12(5-6-20)19-13(21)10-7-9(14(16,17)18)3-4-11(10)15/h3-4,7-8,12,20H,5-6H2,1-2H3,(H,19,21). The zero-order valence-electron chi connectivity index (χ0n) is 11.7. The predicted molar refractivity (Wildman–Crippen MR) is 76.9 cm³/mol. The molecule has 0 fully saturated rings. The average molecular weight is 368 g/mol. The second-order valence-corrected chi connectivity index (χ2v) is 5.88. The Morgan fingerprint density at radius 2 is 2.00 bits per heavy atom. The number of benzene rings is 1. The molecule has 1 unspecified atom stereocenters. The van der Waals surface area contributed by atoms with Gasteiger partial charge >= 0.3 is 6.18 Å². The van der Waals surface area contributed by atoms with Gasteiger partial charge in [-0.25, -0.2) is 0 Å². The summed E-state index contributed by atoms with van der Waals surface area (Å²) in [4.78, 5) is 12.1. The Kier molecular flexibility index (Phi) is 6.22. The number of carbonyl (C=O) groups is 1. The van der Waals surface area contributed by atoms with Crippen molar-refractivity contribution in [3.63, 3.8) is 0 Å². The summed E-state index contributed by atoms with van der Waals surface area (Å²) in [5.74, 6) is -0.536. The van der Waals surface area contributed by atoms with Crippen LogP contribution in [0.5, 0.6) is 0 Å². The lowest BCUT2D eigenvalue weighted by Gasteiger charge is -2.22. The van der Waals surface area contributed by atoms with Crippen molar-refractivity contribution < 1.29 is 23.1 Å². The molecule has 1 atom stereocenters. The van der Waals surface area contributed by atoms with Crippen molar-refractivity contribution in [2.24, 2.45) is 5.92 Å². The lowest BCUT2D eigenvalue weighted by atomic mass is 10.0. The Labute approximate surface area is 129 Å². The minimum absolute atomic E-state index is 0.0608. The van der Waals surface area contributed by atoms with Gasteiger partial charge in [-0.15, -0.1) is 0 Å². The van der Waals surface area contributed by atoms with Crippen molar-refractivity contribution in [2.45, 2.75) is 32.5 Å². The van der Waals surface area contributed by atoms with Crippen LogP contribution in [0.25, 0.3) is 0 Å². The van der Waals surface area contributed by atoms with Gasteiger partial charge in [-0.1, -0.05) is 13.8 Å².